The van der Waals surface area contributed by atoms with Crippen molar-refractivity contribution in [2.75, 3.05) is 13.7 Å². The van der Waals surface area contributed by atoms with E-state index in [-0.39, 0.29) is 25.5 Å². The fourth-order valence-corrected chi connectivity index (χ4v) is 3.64. The molecule has 2 heterocycles. The van der Waals surface area contributed by atoms with E-state index in [1.54, 1.807) is 7.05 Å². The quantitative estimate of drug-likeness (QED) is 0.272. The molecule has 1 aromatic heterocycles. The molecule has 0 aliphatic carbocycles. The minimum absolute atomic E-state index is 0.112. The van der Waals surface area contributed by atoms with Crippen molar-refractivity contribution >= 4 is 17.9 Å². The first-order valence-electron chi connectivity index (χ1n) is 10.8. The van der Waals surface area contributed by atoms with Crippen molar-refractivity contribution in [3.05, 3.63) is 59.6 Å². The molecule has 9 heteroatoms. The van der Waals surface area contributed by atoms with Gasteiger partial charge >= 0.3 is 0 Å². The molecule has 33 heavy (non-hydrogen) atoms. The average molecular weight is 460 g/mol. The van der Waals surface area contributed by atoms with Crippen LogP contribution in [0.4, 0.5) is 0 Å². The number of hydrogen-bond donors (Lipinski definition) is 3. The summed E-state index contributed by atoms with van der Waals surface area (Å²) in [5.74, 6) is -0.383. The molecule has 0 bridgehead atoms. The van der Waals surface area contributed by atoms with E-state index < -0.39 is 24.5 Å². The van der Waals surface area contributed by atoms with Gasteiger partial charge < -0.3 is 25.0 Å². The lowest BCUT2D eigenvalue weighted by molar-refractivity contribution is -0.132. The summed E-state index contributed by atoms with van der Waals surface area (Å²) in [7, 11) is 1.62. The molecule has 2 rings (SSSR count). The van der Waals surface area contributed by atoms with Crippen molar-refractivity contribution in [1.29, 1.82) is 0 Å². The van der Waals surface area contributed by atoms with Gasteiger partial charge in [-0.2, -0.15) is 0 Å². The zero-order valence-electron chi connectivity index (χ0n) is 19.5. The van der Waals surface area contributed by atoms with Crippen molar-refractivity contribution in [2.24, 2.45) is 0 Å². The fraction of sp³-hybridized carbons (Fsp3) is 0.458. The molecule has 1 aliphatic heterocycles. The zero-order chi connectivity index (χ0) is 24.5. The number of pyridine rings is 1. The Morgan fingerprint density at radius 1 is 1.21 bits per heavy atom. The van der Waals surface area contributed by atoms with Gasteiger partial charge in [0.15, 0.2) is 6.23 Å². The maximum absolute atomic E-state index is 12.6. The summed E-state index contributed by atoms with van der Waals surface area (Å²) in [6.07, 6.45) is 4.29. The number of amides is 2. The molecule has 2 amide bonds. The molecule has 1 fully saturated rings. The Balaban J connectivity index is 2.09. The summed E-state index contributed by atoms with van der Waals surface area (Å²) < 4.78 is 5.48. The number of carbonyl (C=O) groups is 2. The largest absolute Gasteiger partial charge is 0.396 e. The van der Waals surface area contributed by atoms with Crippen LogP contribution in [0, 0.1) is 6.92 Å². The van der Waals surface area contributed by atoms with E-state index in [1.165, 1.54) is 17.2 Å². The molecule has 1 aliphatic rings. The lowest BCUT2D eigenvalue weighted by Gasteiger charge is -2.23. The Morgan fingerprint density at radius 2 is 1.94 bits per heavy atom. The predicted octanol–water partition coefficient (Wildman–Crippen LogP) is 1.13. The monoisotopic (exact) mass is 459 g/mol. The van der Waals surface area contributed by atoms with E-state index in [4.69, 9.17) is 9.84 Å². The van der Waals surface area contributed by atoms with Crippen LogP contribution in [0.15, 0.2) is 42.6 Å². The van der Waals surface area contributed by atoms with Crippen molar-refractivity contribution in [3.63, 3.8) is 0 Å². The van der Waals surface area contributed by atoms with Gasteiger partial charge in [0.05, 0.1) is 18.3 Å². The number of nitrogens with zero attached hydrogens (tertiary/aromatic N) is 3. The first-order valence-corrected chi connectivity index (χ1v) is 10.8. The highest BCUT2D eigenvalue weighted by Gasteiger charge is 2.44. The fourth-order valence-electron chi connectivity index (χ4n) is 3.64. The summed E-state index contributed by atoms with van der Waals surface area (Å²) in [6, 6.07) is 3.91. The maximum atomic E-state index is 12.6. The van der Waals surface area contributed by atoms with E-state index in [1.807, 2.05) is 51.1 Å². The molecule has 9 nitrogen and oxygen atoms in total. The Labute approximate surface area is 194 Å². The van der Waals surface area contributed by atoms with Crippen LogP contribution in [0.2, 0.25) is 0 Å². The van der Waals surface area contributed by atoms with Gasteiger partial charge in [0, 0.05) is 31.6 Å². The van der Waals surface area contributed by atoms with Gasteiger partial charge in [-0.25, -0.2) is 0 Å². The molecule has 4 unspecified atom stereocenters. The molecule has 4 atom stereocenters. The highest BCUT2D eigenvalue weighted by Crippen LogP contribution is 2.25. The number of aliphatic hydroxyl groups is 3. The van der Waals surface area contributed by atoms with Gasteiger partial charge in [-0.15, -0.1) is 0 Å². The molecule has 1 saturated heterocycles. The van der Waals surface area contributed by atoms with E-state index >= 15 is 0 Å². The number of aliphatic hydroxyl groups excluding tert-OH is 3. The van der Waals surface area contributed by atoms with Gasteiger partial charge in [-0.1, -0.05) is 18.2 Å². The van der Waals surface area contributed by atoms with Gasteiger partial charge in [0.25, 0.3) is 0 Å². The normalized spacial score (nSPS) is 23.4. The lowest BCUT2D eigenvalue weighted by atomic mass is 10.0. The molecule has 1 aromatic rings. The van der Waals surface area contributed by atoms with Crippen molar-refractivity contribution in [2.45, 2.75) is 58.3 Å². The molecular weight excluding hydrogens is 426 g/mol. The second kappa shape index (κ2) is 12.4. The smallest absolute Gasteiger partial charge is 0.248 e. The van der Waals surface area contributed by atoms with Gasteiger partial charge in [0.2, 0.25) is 12.3 Å². The summed E-state index contributed by atoms with van der Waals surface area (Å²) in [4.78, 5) is 31.1. The summed E-state index contributed by atoms with van der Waals surface area (Å²) in [5, 5.41) is 29.2. The van der Waals surface area contributed by atoms with Crippen LogP contribution in [0.25, 0.3) is 5.57 Å². The van der Waals surface area contributed by atoms with Crippen molar-refractivity contribution < 1.29 is 29.6 Å². The third kappa shape index (κ3) is 6.82. The lowest BCUT2D eigenvalue weighted by Crippen LogP contribution is -2.41. The summed E-state index contributed by atoms with van der Waals surface area (Å²) in [6.45, 7) is 5.82. The van der Waals surface area contributed by atoms with E-state index in [2.05, 4.69) is 4.98 Å². The Hall–Kier alpha value is -2.85. The Bertz CT molecular complexity index is 913. The molecule has 0 aromatic carbocycles. The number of allylic oxidation sites excluding steroid dienone is 4. The van der Waals surface area contributed by atoms with Crippen LogP contribution in [0.5, 0.6) is 0 Å². The number of rotatable bonds is 10. The number of likely N-dealkylation sites (N-methyl/N-ethyl adjacent to an activating group) is 1. The third-order valence-electron chi connectivity index (χ3n) is 5.33. The molecular formula is C24H33N3O6. The molecule has 0 saturated carbocycles. The van der Waals surface area contributed by atoms with Gasteiger partial charge in [-0.05, 0) is 50.5 Å². The standard InChI is InChI=1S/C24H33N3O6/c1-5-7-17(6-2)18-12-16(3)25-19(13-18)14-26(4)21(30)8-10-27(15-29)24-23(32)22(31)20(33-24)9-11-28/h5-8,10,12-13,15,20,22-24,28,31-32H,9,11,14H2,1-4H3/b7-5-,10-8-,17-6+. The number of aryl methyl sites for hydroxylation is 1. The Kier molecular flexibility index (Phi) is 9.93. The van der Waals surface area contributed by atoms with Crippen LogP contribution >= 0.6 is 0 Å². The predicted molar refractivity (Wildman–Crippen MR) is 123 cm³/mol. The van der Waals surface area contributed by atoms with Crippen LogP contribution in [0.1, 0.15) is 37.2 Å². The maximum Gasteiger partial charge on any atom is 0.248 e. The highest BCUT2D eigenvalue weighted by atomic mass is 16.6. The van der Waals surface area contributed by atoms with E-state index in [0.717, 1.165) is 27.4 Å². The van der Waals surface area contributed by atoms with E-state index in [9.17, 15) is 19.8 Å². The molecule has 3 N–H and O–H groups in total. The number of aromatic nitrogens is 1. The third-order valence-corrected chi connectivity index (χ3v) is 5.33. The summed E-state index contributed by atoms with van der Waals surface area (Å²) >= 11 is 0. The molecule has 0 spiro atoms. The van der Waals surface area contributed by atoms with Crippen LogP contribution in [-0.4, -0.2) is 80.6 Å². The number of hydrogen-bond acceptors (Lipinski definition) is 7. The first-order chi connectivity index (χ1) is 15.7. The van der Waals surface area contributed by atoms with Crippen LogP contribution in [0.3, 0.4) is 0 Å². The van der Waals surface area contributed by atoms with E-state index in [0.29, 0.717) is 6.41 Å². The highest BCUT2D eigenvalue weighted by molar-refractivity contribution is 5.87. The minimum atomic E-state index is -1.36. The second-order valence-electron chi connectivity index (χ2n) is 7.85. The molecule has 180 valence electrons. The van der Waals surface area contributed by atoms with Crippen molar-refractivity contribution in [1.82, 2.24) is 14.8 Å². The summed E-state index contributed by atoms with van der Waals surface area (Å²) in [5.41, 5.74) is 3.61. The van der Waals surface area contributed by atoms with Crippen molar-refractivity contribution in [3.8, 4) is 0 Å². The second-order valence-corrected chi connectivity index (χ2v) is 7.85. The van der Waals surface area contributed by atoms with Gasteiger partial charge in [-0.3, -0.25) is 19.5 Å². The average Bonchev–Trinajstić information content (AvgIpc) is 3.06. The minimum Gasteiger partial charge on any atom is -0.396 e. The molecule has 0 radical (unpaired) electrons. The zero-order valence-corrected chi connectivity index (χ0v) is 19.5. The topological polar surface area (TPSA) is 123 Å². The first kappa shape index (κ1) is 26.4. The van der Waals surface area contributed by atoms with Crippen LogP contribution in [-0.2, 0) is 20.9 Å². The SMILES string of the molecule is C/C=C\C(=C/C)c1cc(C)nc(CN(C)C(=O)/C=C\N(C=O)C2OC(CCO)C(O)C2O)c1. The Morgan fingerprint density at radius 3 is 2.55 bits per heavy atom. The van der Waals surface area contributed by atoms with Crippen LogP contribution < -0.4 is 0 Å². The number of carbonyl (C=O) groups excluding carboxylic acids is 2. The number of ether oxygens (including phenoxy) is 1. The van der Waals surface area contributed by atoms with Gasteiger partial charge in [0.1, 0.15) is 12.2 Å².